The zero-order chi connectivity index (χ0) is 17.2. The Hall–Kier alpha value is -2.66. The lowest BCUT2D eigenvalue weighted by Gasteiger charge is -2.26. The summed E-state index contributed by atoms with van der Waals surface area (Å²) in [6.45, 7) is 3.28. The van der Waals surface area contributed by atoms with Crippen LogP contribution in [0.2, 0.25) is 0 Å². The number of nitrogen functional groups attached to an aromatic ring is 1. The van der Waals surface area contributed by atoms with Gasteiger partial charge in [0.05, 0.1) is 5.52 Å². The molecule has 1 aromatic heterocycles. The molecule has 1 aliphatic heterocycles. The number of aromatic nitrogens is 2. The summed E-state index contributed by atoms with van der Waals surface area (Å²) in [7, 11) is 0. The van der Waals surface area contributed by atoms with E-state index in [1.54, 1.807) is 0 Å². The minimum atomic E-state index is -0.155. The molecule has 25 heavy (non-hydrogen) atoms. The van der Waals surface area contributed by atoms with Crippen LogP contribution in [0, 0.1) is 0 Å². The van der Waals surface area contributed by atoms with Crippen LogP contribution in [-0.4, -0.2) is 33.7 Å². The molecule has 0 atom stereocenters. The van der Waals surface area contributed by atoms with E-state index in [1.165, 1.54) is 42.6 Å². The Balaban J connectivity index is 1.55. The topological polar surface area (TPSA) is 64.1 Å². The van der Waals surface area contributed by atoms with Gasteiger partial charge in [0.25, 0.3) is 5.91 Å². The first-order chi connectivity index (χ1) is 12.2. The van der Waals surface area contributed by atoms with Crippen LogP contribution >= 0.6 is 0 Å². The summed E-state index contributed by atoms with van der Waals surface area (Å²) >= 11 is 0. The van der Waals surface area contributed by atoms with Crippen LogP contribution in [0.5, 0.6) is 0 Å². The molecular formula is C20H22N4O. The first kappa shape index (κ1) is 15.8. The van der Waals surface area contributed by atoms with E-state index in [1.807, 2.05) is 48.5 Å². The molecule has 0 spiro atoms. The van der Waals surface area contributed by atoms with Gasteiger partial charge in [-0.05, 0) is 55.8 Å². The predicted molar refractivity (Wildman–Crippen MR) is 99.4 cm³/mol. The summed E-state index contributed by atoms with van der Waals surface area (Å²) in [5, 5.41) is 5.02. The SMILES string of the molecule is Nc1nn(C(=O)c2ccc(CN3CCCCC3)cc2)c2ccccc12. The van der Waals surface area contributed by atoms with E-state index in [9.17, 15) is 4.79 Å². The number of fused-ring (bicyclic) bond motifs is 1. The number of hydrogen-bond acceptors (Lipinski definition) is 4. The number of nitrogens with two attached hydrogens (primary N) is 1. The Morgan fingerprint density at radius 3 is 2.48 bits per heavy atom. The highest BCUT2D eigenvalue weighted by Gasteiger charge is 2.16. The van der Waals surface area contributed by atoms with Crippen molar-refractivity contribution in [3.8, 4) is 0 Å². The fourth-order valence-electron chi connectivity index (χ4n) is 3.50. The molecule has 2 heterocycles. The van der Waals surface area contributed by atoms with Gasteiger partial charge in [-0.15, -0.1) is 5.10 Å². The number of hydrogen-bond donors (Lipinski definition) is 1. The highest BCUT2D eigenvalue weighted by molar-refractivity contribution is 6.03. The lowest BCUT2D eigenvalue weighted by Crippen LogP contribution is -2.29. The average Bonchev–Trinajstić information content (AvgIpc) is 3.00. The lowest BCUT2D eigenvalue weighted by molar-refractivity contribution is 0.0951. The summed E-state index contributed by atoms with van der Waals surface area (Å²) in [5.41, 5.74) is 8.53. The second-order valence-corrected chi connectivity index (χ2v) is 6.65. The quantitative estimate of drug-likeness (QED) is 0.798. The summed E-state index contributed by atoms with van der Waals surface area (Å²) in [6.07, 6.45) is 3.90. The van der Waals surface area contributed by atoms with Gasteiger partial charge in [0, 0.05) is 17.5 Å². The number of nitrogens with zero attached hydrogens (tertiary/aromatic N) is 3. The van der Waals surface area contributed by atoms with Gasteiger partial charge in [-0.1, -0.05) is 30.7 Å². The van der Waals surface area contributed by atoms with Gasteiger partial charge < -0.3 is 5.73 Å². The van der Waals surface area contributed by atoms with E-state index >= 15 is 0 Å². The molecule has 0 aliphatic carbocycles. The Labute approximate surface area is 147 Å². The van der Waals surface area contributed by atoms with Crippen molar-refractivity contribution >= 4 is 22.6 Å². The van der Waals surface area contributed by atoms with Crippen molar-refractivity contribution in [2.24, 2.45) is 0 Å². The first-order valence-electron chi connectivity index (χ1n) is 8.81. The van der Waals surface area contributed by atoms with Gasteiger partial charge in [0.15, 0.2) is 5.82 Å². The molecule has 5 heteroatoms. The van der Waals surface area contributed by atoms with Crippen LogP contribution in [0.25, 0.3) is 10.9 Å². The van der Waals surface area contributed by atoms with Crippen molar-refractivity contribution in [3.05, 3.63) is 59.7 Å². The second kappa shape index (κ2) is 6.69. The fraction of sp³-hybridized carbons (Fsp3) is 0.300. The number of likely N-dealkylation sites (tertiary alicyclic amines) is 1. The summed E-state index contributed by atoms with van der Waals surface area (Å²) in [6, 6.07) is 15.4. The van der Waals surface area contributed by atoms with E-state index in [0.29, 0.717) is 11.4 Å². The maximum atomic E-state index is 12.8. The molecule has 2 aromatic carbocycles. The molecule has 0 radical (unpaired) electrons. The van der Waals surface area contributed by atoms with E-state index in [0.717, 1.165) is 17.4 Å². The summed E-state index contributed by atoms with van der Waals surface area (Å²) < 4.78 is 1.39. The van der Waals surface area contributed by atoms with Gasteiger partial charge in [-0.2, -0.15) is 4.68 Å². The molecule has 1 fully saturated rings. The van der Waals surface area contributed by atoms with Gasteiger partial charge in [-0.3, -0.25) is 9.69 Å². The van der Waals surface area contributed by atoms with Crippen LogP contribution in [-0.2, 0) is 6.54 Å². The van der Waals surface area contributed by atoms with Gasteiger partial charge in [-0.25, -0.2) is 0 Å². The molecule has 2 N–H and O–H groups in total. The molecule has 4 rings (SSSR count). The predicted octanol–water partition coefficient (Wildman–Crippen LogP) is 3.29. The molecule has 5 nitrogen and oxygen atoms in total. The Morgan fingerprint density at radius 2 is 1.72 bits per heavy atom. The second-order valence-electron chi connectivity index (χ2n) is 6.65. The van der Waals surface area contributed by atoms with E-state index in [-0.39, 0.29) is 5.91 Å². The number of para-hydroxylation sites is 1. The highest BCUT2D eigenvalue weighted by Crippen LogP contribution is 2.21. The molecule has 0 saturated carbocycles. The van der Waals surface area contributed by atoms with Crippen LogP contribution in [0.3, 0.4) is 0 Å². The van der Waals surface area contributed by atoms with Crippen LogP contribution in [0.15, 0.2) is 48.5 Å². The normalized spacial score (nSPS) is 15.5. The Bertz CT molecular complexity index is 892. The van der Waals surface area contributed by atoms with E-state index in [4.69, 9.17) is 5.73 Å². The molecule has 128 valence electrons. The molecule has 0 bridgehead atoms. The number of anilines is 1. The molecule has 0 amide bonds. The third-order valence-corrected chi connectivity index (χ3v) is 4.86. The van der Waals surface area contributed by atoms with E-state index < -0.39 is 0 Å². The van der Waals surface area contributed by atoms with Gasteiger partial charge in [0.1, 0.15) is 0 Å². The zero-order valence-corrected chi connectivity index (χ0v) is 14.2. The largest absolute Gasteiger partial charge is 0.382 e. The molecule has 1 saturated heterocycles. The minimum absolute atomic E-state index is 0.155. The Morgan fingerprint density at radius 1 is 1.00 bits per heavy atom. The van der Waals surface area contributed by atoms with E-state index in [2.05, 4.69) is 10.00 Å². The molecular weight excluding hydrogens is 312 g/mol. The Kier molecular flexibility index (Phi) is 4.24. The number of carbonyl (C=O) groups is 1. The summed E-state index contributed by atoms with van der Waals surface area (Å²) in [4.78, 5) is 15.3. The molecule has 1 aliphatic rings. The van der Waals surface area contributed by atoms with Crippen molar-refractivity contribution < 1.29 is 4.79 Å². The van der Waals surface area contributed by atoms with Crippen molar-refractivity contribution in [3.63, 3.8) is 0 Å². The fourth-order valence-corrected chi connectivity index (χ4v) is 3.50. The van der Waals surface area contributed by atoms with Crippen molar-refractivity contribution in [1.29, 1.82) is 0 Å². The number of rotatable bonds is 3. The smallest absolute Gasteiger partial charge is 0.278 e. The number of carbonyl (C=O) groups excluding carboxylic acids is 1. The van der Waals surface area contributed by atoms with Gasteiger partial charge >= 0.3 is 0 Å². The monoisotopic (exact) mass is 334 g/mol. The minimum Gasteiger partial charge on any atom is -0.382 e. The average molecular weight is 334 g/mol. The highest BCUT2D eigenvalue weighted by atomic mass is 16.2. The standard InChI is InChI=1S/C20H22N4O/c21-19-17-6-2-3-7-18(17)24(22-19)20(25)16-10-8-15(9-11-16)14-23-12-4-1-5-13-23/h2-3,6-11H,1,4-5,12-14H2,(H2,21,22). The van der Waals surface area contributed by atoms with Crippen molar-refractivity contribution in [1.82, 2.24) is 14.7 Å². The molecule has 0 unspecified atom stereocenters. The lowest BCUT2D eigenvalue weighted by atomic mass is 10.1. The van der Waals surface area contributed by atoms with Crippen LogP contribution in [0.1, 0.15) is 35.2 Å². The summed E-state index contributed by atoms with van der Waals surface area (Å²) in [5.74, 6) is 0.225. The first-order valence-corrected chi connectivity index (χ1v) is 8.81. The number of piperidine rings is 1. The van der Waals surface area contributed by atoms with Crippen LogP contribution in [0.4, 0.5) is 5.82 Å². The van der Waals surface area contributed by atoms with Crippen molar-refractivity contribution in [2.45, 2.75) is 25.8 Å². The maximum absolute atomic E-state index is 12.8. The maximum Gasteiger partial charge on any atom is 0.278 e. The van der Waals surface area contributed by atoms with Gasteiger partial charge in [0.2, 0.25) is 0 Å². The molecule has 3 aromatic rings. The third kappa shape index (κ3) is 3.15. The van der Waals surface area contributed by atoms with Crippen LogP contribution < -0.4 is 5.73 Å². The van der Waals surface area contributed by atoms with Crippen molar-refractivity contribution in [2.75, 3.05) is 18.8 Å². The number of benzene rings is 2. The third-order valence-electron chi connectivity index (χ3n) is 4.86. The zero-order valence-electron chi connectivity index (χ0n) is 14.2.